The van der Waals surface area contributed by atoms with Crippen LogP contribution in [0.25, 0.3) is 0 Å². The SMILES string of the molecule is O=[N+]([O-])c1c(N2CCN(c3cccc(Cl)c3)CC2)ncnc1N1CCN(c2ccccn2)CC1. The molecule has 34 heavy (non-hydrogen) atoms. The van der Waals surface area contributed by atoms with E-state index in [1.54, 1.807) is 6.20 Å². The van der Waals surface area contributed by atoms with Crippen LogP contribution >= 0.6 is 11.6 Å². The highest BCUT2D eigenvalue weighted by Crippen LogP contribution is 2.35. The van der Waals surface area contributed by atoms with Crippen LogP contribution < -0.4 is 19.6 Å². The molecule has 2 fully saturated rings. The molecule has 2 aliphatic rings. The summed E-state index contributed by atoms with van der Waals surface area (Å²) in [6, 6.07) is 13.6. The molecule has 5 rings (SSSR count). The van der Waals surface area contributed by atoms with Crippen molar-refractivity contribution >= 4 is 40.4 Å². The van der Waals surface area contributed by atoms with Crippen LogP contribution in [0, 0.1) is 10.1 Å². The molecule has 0 unspecified atom stereocenters. The van der Waals surface area contributed by atoms with E-state index in [0.717, 1.165) is 24.6 Å². The molecule has 0 atom stereocenters. The fraction of sp³-hybridized carbons (Fsp3) is 0.348. The molecule has 10 nitrogen and oxygen atoms in total. The number of piperazine rings is 2. The first-order chi connectivity index (χ1) is 16.6. The summed E-state index contributed by atoms with van der Waals surface area (Å²) in [4.78, 5) is 33.3. The molecule has 0 N–H and O–H groups in total. The Kier molecular flexibility index (Phi) is 6.31. The van der Waals surface area contributed by atoms with Crippen LogP contribution in [0.15, 0.2) is 55.0 Å². The standard InChI is InChI=1S/C23H25ClN8O2/c24-18-4-3-5-19(16-18)28-8-12-30(13-9-28)22-21(32(33)34)23(27-17-26-22)31-14-10-29(11-15-31)20-6-1-2-7-25-20/h1-7,16-17H,8-15H2. The predicted octanol–water partition coefficient (Wildman–Crippen LogP) is 3.09. The maximum Gasteiger partial charge on any atom is 0.353 e. The molecule has 2 aromatic heterocycles. The van der Waals surface area contributed by atoms with E-state index >= 15 is 0 Å². The van der Waals surface area contributed by atoms with Gasteiger partial charge in [0.1, 0.15) is 12.1 Å². The molecule has 0 radical (unpaired) electrons. The van der Waals surface area contributed by atoms with E-state index in [0.29, 0.717) is 55.9 Å². The number of hydrogen-bond donors (Lipinski definition) is 0. The van der Waals surface area contributed by atoms with E-state index in [9.17, 15) is 10.1 Å². The molecule has 1 aromatic carbocycles. The second-order valence-electron chi connectivity index (χ2n) is 8.24. The van der Waals surface area contributed by atoms with Gasteiger partial charge in [-0.25, -0.2) is 15.0 Å². The summed E-state index contributed by atoms with van der Waals surface area (Å²) in [7, 11) is 0. The summed E-state index contributed by atoms with van der Waals surface area (Å²) in [5.41, 5.74) is 1.03. The van der Waals surface area contributed by atoms with Crippen LogP contribution in [-0.4, -0.2) is 72.2 Å². The molecular weight excluding hydrogens is 456 g/mol. The van der Waals surface area contributed by atoms with E-state index in [1.165, 1.54) is 6.33 Å². The average molecular weight is 481 g/mol. The van der Waals surface area contributed by atoms with Gasteiger partial charge in [-0.1, -0.05) is 23.7 Å². The smallest absolute Gasteiger partial charge is 0.353 e. The van der Waals surface area contributed by atoms with E-state index in [-0.39, 0.29) is 10.6 Å². The minimum absolute atomic E-state index is 0.0232. The monoisotopic (exact) mass is 480 g/mol. The number of aromatic nitrogens is 3. The van der Waals surface area contributed by atoms with Gasteiger partial charge in [0, 0.05) is 69.3 Å². The van der Waals surface area contributed by atoms with Crippen molar-refractivity contribution in [2.24, 2.45) is 0 Å². The van der Waals surface area contributed by atoms with Gasteiger partial charge < -0.3 is 19.6 Å². The molecule has 2 aliphatic heterocycles. The van der Waals surface area contributed by atoms with Gasteiger partial charge in [-0.15, -0.1) is 0 Å². The highest BCUT2D eigenvalue weighted by Gasteiger charge is 2.33. The molecule has 0 bridgehead atoms. The lowest BCUT2D eigenvalue weighted by Gasteiger charge is -2.38. The Morgan fingerprint density at radius 3 is 1.94 bits per heavy atom. The van der Waals surface area contributed by atoms with Crippen LogP contribution in [-0.2, 0) is 0 Å². The molecule has 0 saturated carbocycles. The third-order valence-electron chi connectivity index (χ3n) is 6.27. The highest BCUT2D eigenvalue weighted by molar-refractivity contribution is 6.30. The zero-order valence-electron chi connectivity index (χ0n) is 18.6. The molecule has 0 amide bonds. The van der Waals surface area contributed by atoms with E-state index in [1.807, 2.05) is 52.3 Å². The van der Waals surface area contributed by atoms with Crippen LogP contribution in [0.2, 0.25) is 5.02 Å². The van der Waals surface area contributed by atoms with Gasteiger partial charge in [0.15, 0.2) is 0 Å². The van der Waals surface area contributed by atoms with Crippen LogP contribution in [0.3, 0.4) is 0 Å². The van der Waals surface area contributed by atoms with E-state index in [2.05, 4.69) is 24.8 Å². The Morgan fingerprint density at radius 2 is 1.38 bits per heavy atom. The number of nitrogens with zero attached hydrogens (tertiary/aromatic N) is 8. The highest BCUT2D eigenvalue weighted by atomic mass is 35.5. The van der Waals surface area contributed by atoms with Crippen LogP contribution in [0.5, 0.6) is 0 Å². The van der Waals surface area contributed by atoms with Crippen molar-refractivity contribution in [2.75, 3.05) is 72.0 Å². The molecule has 176 valence electrons. The lowest BCUT2D eigenvalue weighted by Crippen LogP contribution is -2.48. The second-order valence-corrected chi connectivity index (χ2v) is 8.68. The van der Waals surface area contributed by atoms with Gasteiger partial charge in [-0.3, -0.25) is 10.1 Å². The Hall–Kier alpha value is -3.66. The van der Waals surface area contributed by atoms with Crippen LogP contribution in [0.4, 0.5) is 28.8 Å². The fourth-order valence-electron chi connectivity index (χ4n) is 4.52. The summed E-state index contributed by atoms with van der Waals surface area (Å²) in [6.07, 6.45) is 3.21. The van der Waals surface area contributed by atoms with Crippen molar-refractivity contribution in [3.63, 3.8) is 0 Å². The van der Waals surface area contributed by atoms with Gasteiger partial charge in [-0.05, 0) is 30.3 Å². The number of rotatable bonds is 5. The number of anilines is 4. The summed E-state index contributed by atoms with van der Waals surface area (Å²) >= 11 is 6.14. The number of benzene rings is 1. The van der Waals surface area contributed by atoms with E-state index in [4.69, 9.17) is 11.6 Å². The lowest BCUT2D eigenvalue weighted by atomic mass is 10.2. The maximum atomic E-state index is 12.2. The molecule has 3 aromatic rings. The zero-order valence-corrected chi connectivity index (χ0v) is 19.4. The Labute approximate surface area is 202 Å². The first-order valence-electron chi connectivity index (χ1n) is 11.3. The van der Waals surface area contributed by atoms with Gasteiger partial charge in [-0.2, -0.15) is 0 Å². The molecular formula is C23H25ClN8O2. The Bertz CT molecular complexity index is 1150. The van der Waals surface area contributed by atoms with Crippen molar-refractivity contribution in [1.82, 2.24) is 15.0 Å². The largest absolute Gasteiger partial charge is 0.368 e. The van der Waals surface area contributed by atoms with Crippen molar-refractivity contribution in [2.45, 2.75) is 0 Å². The third kappa shape index (κ3) is 4.54. The Balaban J connectivity index is 1.32. The summed E-state index contributed by atoms with van der Waals surface area (Å²) < 4.78 is 0. The van der Waals surface area contributed by atoms with Gasteiger partial charge in [0.25, 0.3) is 0 Å². The van der Waals surface area contributed by atoms with Gasteiger partial charge in [0.2, 0.25) is 11.6 Å². The zero-order chi connectivity index (χ0) is 23.5. The topological polar surface area (TPSA) is 94.8 Å². The van der Waals surface area contributed by atoms with E-state index < -0.39 is 0 Å². The number of hydrogen-bond acceptors (Lipinski definition) is 9. The molecule has 2 saturated heterocycles. The average Bonchev–Trinajstić information content (AvgIpc) is 2.89. The number of nitro groups is 1. The molecule has 0 spiro atoms. The first kappa shape index (κ1) is 22.1. The third-order valence-corrected chi connectivity index (χ3v) is 6.51. The minimum atomic E-state index is -0.348. The molecule has 4 heterocycles. The fourth-order valence-corrected chi connectivity index (χ4v) is 4.71. The van der Waals surface area contributed by atoms with Gasteiger partial charge in [0.05, 0.1) is 4.92 Å². The summed E-state index contributed by atoms with van der Waals surface area (Å²) in [5.74, 6) is 1.68. The first-order valence-corrected chi connectivity index (χ1v) is 11.6. The van der Waals surface area contributed by atoms with Crippen LogP contribution in [0.1, 0.15) is 0 Å². The van der Waals surface area contributed by atoms with Crippen molar-refractivity contribution in [3.05, 3.63) is 70.1 Å². The number of pyridine rings is 1. The van der Waals surface area contributed by atoms with Crippen molar-refractivity contribution in [1.29, 1.82) is 0 Å². The molecule has 0 aliphatic carbocycles. The van der Waals surface area contributed by atoms with Gasteiger partial charge >= 0.3 is 5.69 Å². The minimum Gasteiger partial charge on any atom is -0.368 e. The van der Waals surface area contributed by atoms with Crippen molar-refractivity contribution < 1.29 is 4.92 Å². The summed E-state index contributed by atoms with van der Waals surface area (Å²) in [5, 5.41) is 12.9. The normalized spacial score (nSPS) is 16.6. The quantitative estimate of drug-likeness (QED) is 0.403. The Morgan fingerprint density at radius 1 is 0.765 bits per heavy atom. The lowest BCUT2D eigenvalue weighted by molar-refractivity contribution is -0.383. The second kappa shape index (κ2) is 9.68. The number of halogens is 1. The maximum absolute atomic E-state index is 12.2. The summed E-state index contributed by atoms with van der Waals surface area (Å²) in [6.45, 7) is 5.36. The van der Waals surface area contributed by atoms with Crippen molar-refractivity contribution in [3.8, 4) is 0 Å². The molecule has 11 heteroatoms. The predicted molar refractivity (Wildman–Crippen MR) is 133 cm³/mol.